The number of carbonyl (C=O) groups is 1. The fourth-order valence-corrected chi connectivity index (χ4v) is 3.86. The largest absolute Gasteiger partial charge is 0.383 e. The first-order valence-electron chi connectivity index (χ1n) is 8.85. The minimum absolute atomic E-state index is 0.0754. The van der Waals surface area contributed by atoms with Crippen LogP contribution in [0.4, 0.5) is 4.79 Å². The number of methoxy groups -OCH3 is 1. The standard InChI is InChI=1S/C18H26N4O2S/c1-24-9-8-22(12-14-7-10-25-13-14)18(23)19-11-17-15-5-3-2-4-6-16(15)20-21-17/h7,10,13H,2-6,8-9,11-12H2,1H3,(H,19,23)(H,20,21). The molecule has 0 bridgehead atoms. The van der Waals surface area contributed by atoms with Crippen LogP contribution in [0.5, 0.6) is 0 Å². The molecule has 2 aromatic rings. The minimum Gasteiger partial charge on any atom is -0.383 e. The van der Waals surface area contributed by atoms with E-state index in [-0.39, 0.29) is 6.03 Å². The van der Waals surface area contributed by atoms with Crippen molar-refractivity contribution in [1.82, 2.24) is 20.4 Å². The molecule has 0 saturated carbocycles. The lowest BCUT2D eigenvalue weighted by molar-refractivity contribution is 0.146. The number of fused-ring (bicyclic) bond motifs is 1. The fraction of sp³-hybridized carbons (Fsp3) is 0.556. The number of amides is 2. The van der Waals surface area contributed by atoms with Gasteiger partial charge in [0, 0.05) is 25.9 Å². The Bertz CT molecular complexity index is 669. The van der Waals surface area contributed by atoms with E-state index in [1.54, 1.807) is 23.3 Å². The summed E-state index contributed by atoms with van der Waals surface area (Å²) in [6.07, 6.45) is 5.80. The van der Waals surface area contributed by atoms with Crippen LogP contribution in [0.3, 0.4) is 0 Å². The number of ether oxygens (including phenoxy) is 1. The Kier molecular flexibility index (Phi) is 6.47. The topological polar surface area (TPSA) is 70.2 Å². The maximum absolute atomic E-state index is 12.6. The SMILES string of the molecule is COCCN(Cc1ccsc1)C(=O)NCc1n[nH]c2c1CCCCC2. The normalized spacial score (nSPS) is 14.0. The summed E-state index contributed by atoms with van der Waals surface area (Å²) in [5.74, 6) is 0. The van der Waals surface area contributed by atoms with Gasteiger partial charge in [-0.15, -0.1) is 0 Å². The van der Waals surface area contributed by atoms with Crippen LogP contribution in [0.1, 0.15) is 41.8 Å². The van der Waals surface area contributed by atoms with Crippen molar-refractivity contribution in [3.05, 3.63) is 39.3 Å². The molecule has 0 saturated heterocycles. The van der Waals surface area contributed by atoms with Crippen LogP contribution in [0.15, 0.2) is 16.8 Å². The van der Waals surface area contributed by atoms with Crippen molar-refractivity contribution in [3.8, 4) is 0 Å². The molecule has 0 fully saturated rings. The molecule has 0 radical (unpaired) electrons. The third kappa shape index (κ3) is 4.83. The molecule has 0 aliphatic heterocycles. The van der Waals surface area contributed by atoms with Crippen molar-refractivity contribution >= 4 is 17.4 Å². The van der Waals surface area contributed by atoms with E-state index in [1.165, 1.54) is 30.5 Å². The first kappa shape index (κ1) is 17.9. The predicted molar refractivity (Wildman–Crippen MR) is 98.7 cm³/mol. The number of urea groups is 1. The molecule has 2 amide bonds. The van der Waals surface area contributed by atoms with Crippen molar-refractivity contribution in [2.45, 2.75) is 45.2 Å². The molecule has 136 valence electrons. The second kappa shape index (κ2) is 9.01. The zero-order valence-electron chi connectivity index (χ0n) is 14.7. The van der Waals surface area contributed by atoms with E-state index in [9.17, 15) is 4.79 Å². The number of H-pyrrole nitrogens is 1. The number of hydrogen-bond acceptors (Lipinski definition) is 4. The maximum atomic E-state index is 12.6. The van der Waals surface area contributed by atoms with E-state index in [1.807, 2.05) is 11.4 Å². The molecule has 1 aliphatic rings. The van der Waals surface area contributed by atoms with Gasteiger partial charge in [-0.1, -0.05) is 6.42 Å². The molecule has 6 nitrogen and oxygen atoms in total. The van der Waals surface area contributed by atoms with E-state index >= 15 is 0 Å². The molecule has 0 atom stereocenters. The Hall–Kier alpha value is -1.86. The summed E-state index contributed by atoms with van der Waals surface area (Å²) in [7, 11) is 1.65. The first-order chi connectivity index (χ1) is 12.3. The highest BCUT2D eigenvalue weighted by atomic mass is 32.1. The van der Waals surface area contributed by atoms with Gasteiger partial charge >= 0.3 is 6.03 Å². The molecule has 25 heavy (non-hydrogen) atoms. The highest BCUT2D eigenvalue weighted by molar-refractivity contribution is 7.07. The first-order valence-corrected chi connectivity index (χ1v) is 9.80. The molecule has 2 heterocycles. The van der Waals surface area contributed by atoms with E-state index in [4.69, 9.17) is 4.74 Å². The third-order valence-electron chi connectivity index (χ3n) is 4.61. The fourth-order valence-electron chi connectivity index (χ4n) is 3.20. The van der Waals surface area contributed by atoms with Crippen LogP contribution < -0.4 is 5.32 Å². The van der Waals surface area contributed by atoms with Crippen LogP contribution >= 0.6 is 11.3 Å². The Morgan fingerprint density at radius 1 is 1.40 bits per heavy atom. The number of thiophene rings is 1. The molecule has 0 aromatic carbocycles. The number of nitrogens with one attached hydrogen (secondary N) is 2. The van der Waals surface area contributed by atoms with Crippen molar-refractivity contribution in [3.63, 3.8) is 0 Å². The zero-order chi connectivity index (χ0) is 17.5. The van der Waals surface area contributed by atoms with Gasteiger partial charge in [0.15, 0.2) is 0 Å². The molecular formula is C18H26N4O2S. The molecular weight excluding hydrogens is 336 g/mol. The van der Waals surface area contributed by atoms with Gasteiger partial charge in [-0.3, -0.25) is 5.10 Å². The summed E-state index contributed by atoms with van der Waals surface area (Å²) in [5.41, 5.74) is 4.67. The number of rotatable bonds is 7. The van der Waals surface area contributed by atoms with Gasteiger partial charge in [0.05, 0.1) is 18.8 Å². The van der Waals surface area contributed by atoms with E-state index in [0.29, 0.717) is 26.2 Å². The molecule has 0 spiro atoms. The minimum atomic E-state index is -0.0754. The second-order valence-electron chi connectivity index (χ2n) is 6.39. The summed E-state index contributed by atoms with van der Waals surface area (Å²) in [6, 6.07) is 1.97. The van der Waals surface area contributed by atoms with Crippen molar-refractivity contribution in [1.29, 1.82) is 0 Å². The summed E-state index contributed by atoms with van der Waals surface area (Å²) in [6.45, 7) is 2.15. The number of aromatic amines is 1. The zero-order valence-corrected chi connectivity index (χ0v) is 15.5. The van der Waals surface area contributed by atoms with Crippen LogP contribution in [0.25, 0.3) is 0 Å². The molecule has 2 N–H and O–H groups in total. The lowest BCUT2D eigenvalue weighted by Gasteiger charge is -2.22. The number of nitrogens with zero attached hydrogens (tertiary/aromatic N) is 2. The van der Waals surface area contributed by atoms with E-state index in [2.05, 4.69) is 20.9 Å². The Morgan fingerprint density at radius 3 is 3.08 bits per heavy atom. The van der Waals surface area contributed by atoms with Crippen LogP contribution in [0.2, 0.25) is 0 Å². The van der Waals surface area contributed by atoms with Crippen LogP contribution in [-0.2, 0) is 30.7 Å². The average Bonchev–Trinajstić information content (AvgIpc) is 3.21. The monoisotopic (exact) mass is 362 g/mol. The maximum Gasteiger partial charge on any atom is 0.318 e. The lowest BCUT2D eigenvalue weighted by atomic mass is 10.1. The quantitative estimate of drug-likeness (QED) is 0.744. The molecule has 3 rings (SSSR count). The van der Waals surface area contributed by atoms with E-state index < -0.39 is 0 Å². The smallest absolute Gasteiger partial charge is 0.318 e. The van der Waals surface area contributed by atoms with E-state index in [0.717, 1.165) is 24.1 Å². The summed E-state index contributed by atoms with van der Waals surface area (Å²) in [5, 5.41) is 14.7. The van der Waals surface area contributed by atoms with Crippen molar-refractivity contribution in [2.24, 2.45) is 0 Å². The number of hydrogen-bond donors (Lipinski definition) is 2. The predicted octanol–water partition coefficient (Wildman–Crippen LogP) is 3.10. The van der Waals surface area contributed by atoms with Crippen molar-refractivity contribution < 1.29 is 9.53 Å². The molecule has 1 aliphatic carbocycles. The highest BCUT2D eigenvalue weighted by Gasteiger charge is 2.18. The van der Waals surface area contributed by atoms with Gasteiger partial charge in [-0.05, 0) is 53.6 Å². The molecule has 2 aromatic heterocycles. The van der Waals surface area contributed by atoms with Gasteiger partial charge < -0.3 is 15.0 Å². The second-order valence-corrected chi connectivity index (χ2v) is 7.17. The Morgan fingerprint density at radius 2 is 2.28 bits per heavy atom. The lowest BCUT2D eigenvalue weighted by Crippen LogP contribution is -2.41. The number of aromatic nitrogens is 2. The van der Waals surface area contributed by atoms with Crippen molar-refractivity contribution in [2.75, 3.05) is 20.3 Å². The highest BCUT2D eigenvalue weighted by Crippen LogP contribution is 2.21. The van der Waals surface area contributed by atoms with Gasteiger partial charge in [-0.2, -0.15) is 16.4 Å². The van der Waals surface area contributed by atoms with Gasteiger partial charge in [0.25, 0.3) is 0 Å². The summed E-state index contributed by atoms with van der Waals surface area (Å²) in [4.78, 5) is 14.4. The van der Waals surface area contributed by atoms with Gasteiger partial charge in [0.2, 0.25) is 0 Å². The summed E-state index contributed by atoms with van der Waals surface area (Å²) >= 11 is 1.64. The molecule has 7 heteroatoms. The number of aryl methyl sites for hydroxylation is 1. The van der Waals surface area contributed by atoms with Gasteiger partial charge in [0.1, 0.15) is 0 Å². The Balaban J connectivity index is 1.60. The van der Waals surface area contributed by atoms with Crippen LogP contribution in [-0.4, -0.2) is 41.4 Å². The number of carbonyl (C=O) groups excluding carboxylic acids is 1. The Labute approximate surface area is 152 Å². The molecule has 0 unspecified atom stereocenters. The van der Waals surface area contributed by atoms with Crippen LogP contribution in [0, 0.1) is 0 Å². The van der Waals surface area contributed by atoms with Gasteiger partial charge in [-0.25, -0.2) is 4.79 Å². The summed E-state index contributed by atoms with van der Waals surface area (Å²) < 4.78 is 5.14. The average molecular weight is 362 g/mol. The third-order valence-corrected chi connectivity index (χ3v) is 5.34.